The van der Waals surface area contributed by atoms with Gasteiger partial charge < -0.3 is 0 Å². The van der Waals surface area contributed by atoms with Gasteiger partial charge in [0, 0.05) is 31.5 Å². The standard InChI is InChI=1S/C39H18B7N3S/c40-28-26-25-27(29(41)31(43)33(45)35(25)50-36(26)34(46)32(44)30(28)42)39-48-37(23-15-11-21(12-16-23)19-7-3-1-4-8-19)47-38(49-39)24-17-13-22(14-18-24)20-9-5-2-6-10-20/h1-18H. The zero-order chi connectivity index (χ0) is 34.7. The molecule has 0 aliphatic heterocycles. The van der Waals surface area contributed by atoms with Crippen molar-refractivity contribution in [3.63, 3.8) is 0 Å². The summed E-state index contributed by atoms with van der Waals surface area (Å²) < 4.78 is 1.23. The second-order valence-electron chi connectivity index (χ2n) is 12.0. The zero-order valence-corrected chi connectivity index (χ0v) is 27.5. The van der Waals surface area contributed by atoms with Crippen molar-refractivity contribution in [2.45, 2.75) is 0 Å². The lowest BCUT2D eigenvalue weighted by Gasteiger charge is -2.18. The van der Waals surface area contributed by atoms with Gasteiger partial charge in [0.05, 0.1) is 0 Å². The highest BCUT2D eigenvalue weighted by molar-refractivity contribution is 7.28. The summed E-state index contributed by atoms with van der Waals surface area (Å²) >= 11 is 1.31. The average molecular weight is 636 g/mol. The maximum Gasteiger partial charge on any atom is 0.164 e. The number of rotatable bonds is 5. The average Bonchev–Trinajstić information content (AvgIpc) is 3.57. The van der Waals surface area contributed by atoms with Crippen LogP contribution in [0.25, 0.3) is 76.6 Å². The summed E-state index contributed by atoms with van der Waals surface area (Å²) in [5, 5.41) is 1.15. The highest BCUT2D eigenvalue weighted by Gasteiger charge is 2.23. The van der Waals surface area contributed by atoms with E-state index < -0.39 is 0 Å². The zero-order valence-electron chi connectivity index (χ0n) is 26.7. The number of nitrogens with zero attached hydrogens (tertiary/aromatic N) is 3. The first-order valence-electron chi connectivity index (χ1n) is 15.7. The van der Waals surface area contributed by atoms with Crippen LogP contribution in [0.5, 0.6) is 0 Å². The molecule has 216 valence electrons. The molecule has 0 bridgehead atoms. The topological polar surface area (TPSA) is 38.7 Å². The first-order valence-corrected chi connectivity index (χ1v) is 16.6. The van der Waals surface area contributed by atoms with E-state index in [2.05, 4.69) is 24.3 Å². The minimum atomic E-state index is 0.170. The van der Waals surface area contributed by atoms with E-state index >= 15 is 0 Å². The van der Waals surface area contributed by atoms with Gasteiger partial charge in [-0.3, -0.25) is 0 Å². The third kappa shape index (κ3) is 5.36. The van der Waals surface area contributed by atoms with Gasteiger partial charge in [0.15, 0.2) is 17.5 Å². The smallest absolute Gasteiger partial charge is 0.164 e. The van der Waals surface area contributed by atoms with Gasteiger partial charge in [-0.2, -0.15) is 0 Å². The van der Waals surface area contributed by atoms with Crippen molar-refractivity contribution in [2.24, 2.45) is 0 Å². The van der Waals surface area contributed by atoms with Crippen LogP contribution in [-0.2, 0) is 0 Å². The van der Waals surface area contributed by atoms with Crippen molar-refractivity contribution in [1.29, 1.82) is 0 Å². The van der Waals surface area contributed by atoms with E-state index in [-0.39, 0.29) is 33.1 Å². The maximum absolute atomic E-state index is 6.81. The predicted molar refractivity (Wildman–Crippen MR) is 218 cm³/mol. The molecule has 2 aromatic heterocycles. The number of hydrogen-bond donors (Lipinski definition) is 0. The summed E-state index contributed by atoms with van der Waals surface area (Å²) in [7, 11) is 45.6. The molecule has 6 aromatic carbocycles. The van der Waals surface area contributed by atoms with Gasteiger partial charge in [-0.15, -0.1) is 27.7 Å². The van der Waals surface area contributed by atoms with Gasteiger partial charge >= 0.3 is 0 Å². The van der Waals surface area contributed by atoms with E-state index in [0.29, 0.717) is 48.3 Å². The lowest BCUT2D eigenvalue weighted by atomic mass is 9.64. The fourth-order valence-corrected chi connectivity index (χ4v) is 7.52. The molecule has 0 aliphatic carbocycles. The first-order chi connectivity index (χ1) is 24.2. The monoisotopic (exact) mass is 637 g/mol. The number of fused-ring (bicyclic) bond motifs is 3. The molecule has 50 heavy (non-hydrogen) atoms. The van der Waals surface area contributed by atoms with Crippen LogP contribution in [0, 0.1) is 0 Å². The minimum Gasteiger partial charge on any atom is -0.208 e. The molecule has 0 amide bonds. The molecule has 0 spiro atoms. The van der Waals surface area contributed by atoms with Crippen molar-refractivity contribution in [3.05, 3.63) is 109 Å². The Morgan fingerprint density at radius 2 is 0.680 bits per heavy atom. The summed E-state index contributed by atoms with van der Waals surface area (Å²) in [6, 6.07) is 36.4. The molecule has 0 aliphatic rings. The van der Waals surface area contributed by atoms with Gasteiger partial charge in [0.2, 0.25) is 0 Å². The predicted octanol–water partition coefficient (Wildman–Crippen LogP) is 2.13. The van der Waals surface area contributed by atoms with Crippen LogP contribution >= 0.6 is 11.3 Å². The summed E-state index contributed by atoms with van der Waals surface area (Å²) in [6.07, 6.45) is 0. The van der Waals surface area contributed by atoms with Crippen molar-refractivity contribution in [1.82, 2.24) is 15.0 Å². The molecule has 0 atom stereocenters. The number of aromatic nitrogens is 3. The van der Waals surface area contributed by atoms with E-state index in [1.807, 2.05) is 84.9 Å². The molecule has 8 rings (SSSR count). The number of thiophene rings is 1. The number of benzene rings is 6. The van der Waals surface area contributed by atoms with E-state index in [0.717, 1.165) is 33.4 Å². The molecule has 8 aromatic rings. The molecule has 0 N–H and O–H groups in total. The van der Waals surface area contributed by atoms with Crippen LogP contribution in [0.2, 0.25) is 0 Å². The molecule has 0 saturated carbocycles. The van der Waals surface area contributed by atoms with Gasteiger partial charge in [0.1, 0.15) is 54.9 Å². The van der Waals surface area contributed by atoms with Crippen molar-refractivity contribution in [3.8, 4) is 56.4 Å². The lowest BCUT2D eigenvalue weighted by Crippen LogP contribution is -2.47. The van der Waals surface area contributed by atoms with Crippen LogP contribution in [0.1, 0.15) is 0 Å². The maximum atomic E-state index is 6.81. The second-order valence-corrected chi connectivity index (χ2v) is 13.0. The van der Waals surface area contributed by atoms with Crippen LogP contribution in [0.15, 0.2) is 109 Å². The largest absolute Gasteiger partial charge is 0.208 e. The Kier molecular flexibility index (Phi) is 8.19. The van der Waals surface area contributed by atoms with Gasteiger partial charge in [-0.1, -0.05) is 131 Å². The first kappa shape index (κ1) is 32.2. The Bertz CT molecular complexity index is 2490. The SMILES string of the molecule is [B]c1c([B])c([B])c2c(sc3c([B])c([B])c([B])c(-c4nc(-c5ccc(-c6ccccc6)cc5)nc(-c5ccc(-c6ccccc6)cc5)n4)c32)c1[B]. The van der Waals surface area contributed by atoms with E-state index in [4.69, 9.17) is 69.9 Å². The van der Waals surface area contributed by atoms with Gasteiger partial charge in [0.25, 0.3) is 0 Å². The van der Waals surface area contributed by atoms with Gasteiger partial charge in [-0.25, -0.2) is 15.0 Å². The Hall–Kier alpha value is -5.00. The normalized spacial score (nSPS) is 11.4. The van der Waals surface area contributed by atoms with E-state index in [1.54, 1.807) is 0 Å². The van der Waals surface area contributed by atoms with Crippen molar-refractivity contribution >= 4 is 125 Å². The highest BCUT2D eigenvalue weighted by atomic mass is 32.1. The molecular weight excluding hydrogens is 618 g/mol. The van der Waals surface area contributed by atoms with E-state index in [9.17, 15) is 0 Å². The molecular formula is C39H18B7N3S. The molecule has 3 nitrogen and oxygen atoms in total. The Balaban J connectivity index is 1.39. The summed E-state index contributed by atoms with van der Waals surface area (Å²) in [5.41, 5.74) is 7.94. The Morgan fingerprint density at radius 3 is 1.16 bits per heavy atom. The van der Waals surface area contributed by atoms with Crippen molar-refractivity contribution in [2.75, 3.05) is 0 Å². The lowest BCUT2D eigenvalue weighted by molar-refractivity contribution is 1.08. The molecule has 0 fully saturated rings. The quantitative estimate of drug-likeness (QED) is 0.272. The molecule has 14 radical (unpaired) electrons. The highest BCUT2D eigenvalue weighted by Crippen LogP contribution is 2.36. The third-order valence-electron chi connectivity index (χ3n) is 9.00. The summed E-state index contributed by atoms with van der Waals surface area (Å²) in [5.74, 6) is 1.16. The van der Waals surface area contributed by atoms with E-state index in [1.165, 1.54) is 11.3 Å². The Morgan fingerprint density at radius 1 is 0.320 bits per heavy atom. The summed E-state index contributed by atoms with van der Waals surface area (Å²) in [4.78, 5) is 15.0. The molecule has 0 unspecified atom stereocenters. The van der Waals surface area contributed by atoms with Gasteiger partial charge in [-0.05, 0) is 27.6 Å². The fourth-order valence-electron chi connectivity index (χ4n) is 6.25. The van der Waals surface area contributed by atoms with Crippen LogP contribution < -0.4 is 38.2 Å². The fraction of sp³-hybridized carbons (Fsp3) is 0. The van der Waals surface area contributed by atoms with Crippen LogP contribution in [0.3, 0.4) is 0 Å². The second kappa shape index (κ2) is 12.7. The molecule has 2 heterocycles. The Labute approximate surface area is 303 Å². The molecule has 0 saturated heterocycles. The third-order valence-corrected chi connectivity index (χ3v) is 10.3. The van der Waals surface area contributed by atoms with Crippen molar-refractivity contribution < 1.29 is 0 Å². The van der Waals surface area contributed by atoms with Crippen LogP contribution in [0.4, 0.5) is 0 Å². The molecule has 11 heteroatoms. The number of hydrogen-bond acceptors (Lipinski definition) is 4. The van der Waals surface area contributed by atoms with Crippen LogP contribution in [-0.4, -0.2) is 69.9 Å². The minimum absolute atomic E-state index is 0.170. The summed E-state index contributed by atoms with van der Waals surface area (Å²) in [6.45, 7) is 0.